The second kappa shape index (κ2) is 6.36. The summed E-state index contributed by atoms with van der Waals surface area (Å²) >= 11 is 5.98. The zero-order valence-corrected chi connectivity index (χ0v) is 7.19. The van der Waals surface area contributed by atoms with Gasteiger partial charge in [0.1, 0.15) is 0 Å². The van der Waals surface area contributed by atoms with Crippen LogP contribution >= 0.6 is 24.0 Å². The van der Waals surface area contributed by atoms with Gasteiger partial charge in [0.2, 0.25) is 4.38 Å². The van der Waals surface area contributed by atoms with Crippen LogP contribution in [0, 0.1) is 6.26 Å². The van der Waals surface area contributed by atoms with Crippen LogP contribution in [-0.2, 0) is 4.74 Å². The van der Waals surface area contributed by atoms with Gasteiger partial charge >= 0.3 is 0 Å². The minimum atomic E-state index is 0.545. The fraction of sp³-hybridized carbons (Fsp3) is 0.667. The lowest BCUT2D eigenvalue weighted by atomic mass is 10.4. The van der Waals surface area contributed by atoms with Gasteiger partial charge < -0.3 is 4.74 Å². The molecule has 1 nitrogen and oxygen atoms in total. The van der Waals surface area contributed by atoms with Gasteiger partial charge in [0.25, 0.3) is 0 Å². The quantitative estimate of drug-likeness (QED) is 0.467. The highest BCUT2D eigenvalue weighted by molar-refractivity contribution is 8.23. The van der Waals surface area contributed by atoms with Crippen LogP contribution in [0.25, 0.3) is 0 Å². The molecule has 0 aliphatic heterocycles. The fourth-order valence-corrected chi connectivity index (χ4v) is 0.592. The van der Waals surface area contributed by atoms with Crippen LogP contribution in [0.2, 0.25) is 0 Å². The molecule has 53 valence electrons. The molecule has 1 radical (unpaired) electrons. The van der Waals surface area contributed by atoms with E-state index in [1.807, 2.05) is 0 Å². The molecule has 0 fully saturated rings. The Morgan fingerprint density at radius 2 is 2.44 bits per heavy atom. The zero-order chi connectivity index (χ0) is 7.11. The summed E-state index contributed by atoms with van der Waals surface area (Å²) in [6, 6.07) is 0. The minimum absolute atomic E-state index is 0.545. The van der Waals surface area contributed by atoms with Gasteiger partial charge in [-0.15, -0.1) is 0 Å². The van der Waals surface area contributed by atoms with Gasteiger partial charge in [0, 0.05) is 6.26 Å². The van der Waals surface area contributed by atoms with Crippen molar-refractivity contribution in [1.82, 2.24) is 0 Å². The van der Waals surface area contributed by atoms with E-state index in [-0.39, 0.29) is 0 Å². The second-order valence-electron chi connectivity index (χ2n) is 1.60. The van der Waals surface area contributed by atoms with E-state index >= 15 is 0 Å². The van der Waals surface area contributed by atoms with Crippen molar-refractivity contribution in [1.29, 1.82) is 0 Å². The van der Waals surface area contributed by atoms with Crippen molar-refractivity contribution in [2.75, 3.05) is 6.61 Å². The van der Waals surface area contributed by atoms with Gasteiger partial charge in [-0.25, -0.2) is 0 Å². The Morgan fingerprint density at radius 1 is 1.78 bits per heavy atom. The van der Waals surface area contributed by atoms with Gasteiger partial charge in [-0.05, 0) is 18.6 Å². The van der Waals surface area contributed by atoms with Crippen molar-refractivity contribution in [3.05, 3.63) is 6.26 Å². The van der Waals surface area contributed by atoms with Crippen molar-refractivity contribution >= 4 is 28.4 Å². The number of unbranched alkanes of at least 4 members (excludes halogenated alkanes) is 1. The average molecular weight is 163 g/mol. The molecule has 0 amide bonds. The molecule has 0 atom stereocenters. The highest BCUT2D eigenvalue weighted by Gasteiger charge is 1.90. The third-order valence-electron chi connectivity index (χ3n) is 0.836. The van der Waals surface area contributed by atoms with Crippen molar-refractivity contribution in [3.63, 3.8) is 0 Å². The summed E-state index contributed by atoms with van der Waals surface area (Å²) < 4.78 is 5.61. The first-order chi connectivity index (χ1) is 4.31. The summed E-state index contributed by atoms with van der Waals surface area (Å²) in [6.45, 7) is 2.85. The number of thiocarbonyl (C=S) groups is 1. The minimum Gasteiger partial charge on any atom is -0.479 e. The highest BCUT2D eigenvalue weighted by Crippen LogP contribution is 2.02. The Labute approximate surface area is 66.2 Å². The van der Waals surface area contributed by atoms with E-state index in [9.17, 15) is 0 Å². The molecule has 0 unspecified atom stereocenters. The van der Waals surface area contributed by atoms with E-state index < -0.39 is 0 Å². The van der Waals surface area contributed by atoms with Crippen molar-refractivity contribution in [2.24, 2.45) is 0 Å². The molecule has 0 saturated heterocycles. The van der Waals surface area contributed by atoms with E-state index in [1.165, 1.54) is 11.8 Å². The molecule has 0 aromatic carbocycles. The Kier molecular flexibility index (Phi) is 6.53. The number of thioether (sulfide) groups is 1. The second-order valence-corrected chi connectivity index (χ2v) is 2.89. The van der Waals surface area contributed by atoms with Crippen molar-refractivity contribution in [2.45, 2.75) is 19.8 Å². The van der Waals surface area contributed by atoms with E-state index in [1.54, 1.807) is 0 Å². The number of ether oxygens (including phenoxy) is 1. The molecule has 0 bridgehead atoms. The molecule has 0 aromatic heterocycles. The summed E-state index contributed by atoms with van der Waals surface area (Å²) in [5.41, 5.74) is 0. The molecule has 0 spiro atoms. The molecule has 0 heterocycles. The third-order valence-corrected chi connectivity index (χ3v) is 1.66. The molecule has 0 rings (SSSR count). The maximum atomic E-state index is 5.06. The average Bonchev–Trinajstić information content (AvgIpc) is 1.89. The third kappa shape index (κ3) is 6.12. The maximum Gasteiger partial charge on any atom is 0.219 e. The monoisotopic (exact) mass is 163 g/mol. The van der Waals surface area contributed by atoms with Gasteiger partial charge in [-0.1, -0.05) is 25.1 Å². The van der Waals surface area contributed by atoms with Crippen LogP contribution in [0.4, 0.5) is 0 Å². The Bertz CT molecular complexity index is 83.1. The lowest BCUT2D eigenvalue weighted by Crippen LogP contribution is -1.96. The summed E-state index contributed by atoms with van der Waals surface area (Å²) in [6.07, 6.45) is 5.73. The van der Waals surface area contributed by atoms with E-state index in [0.717, 1.165) is 19.4 Å². The first-order valence-electron chi connectivity index (χ1n) is 2.90. The lowest BCUT2D eigenvalue weighted by Gasteiger charge is -2.01. The van der Waals surface area contributed by atoms with Gasteiger partial charge in [0.05, 0.1) is 6.61 Å². The van der Waals surface area contributed by atoms with E-state index in [2.05, 4.69) is 13.2 Å². The maximum absolute atomic E-state index is 5.06. The van der Waals surface area contributed by atoms with E-state index in [0.29, 0.717) is 4.38 Å². The molecule has 0 N–H and O–H groups in total. The summed E-state index contributed by atoms with van der Waals surface area (Å²) in [5.74, 6) is 0. The molecular formula is C6H11OS2. The standard InChI is InChI=1S/C6H11OS2/c1-3-4-5-7-6(8)9-2/h2-5H2,1H3. The smallest absolute Gasteiger partial charge is 0.219 e. The van der Waals surface area contributed by atoms with Crippen LogP contribution in [0.5, 0.6) is 0 Å². The summed E-state index contributed by atoms with van der Waals surface area (Å²) in [5, 5.41) is 0. The van der Waals surface area contributed by atoms with Gasteiger partial charge in [0.15, 0.2) is 0 Å². The van der Waals surface area contributed by atoms with E-state index in [4.69, 9.17) is 17.0 Å². The molecule has 9 heavy (non-hydrogen) atoms. The molecule has 0 saturated carbocycles. The van der Waals surface area contributed by atoms with Crippen LogP contribution in [-0.4, -0.2) is 11.0 Å². The van der Waals surface area contributed by atoms with Crippen molar-refractivity contribution < 1.29 is 4.74 Å². The van der Waals surface area contributed by atoms with Crippen LogP contribution in [0.15, 0.2) is 0 Å². The highest BCUT2D eigenvalue weighted by atomic mass is 32.2. The van der Waals surface area contributed by atoms with Gasteiger partial charge in [-0.2, -0.15) is 0 Å². The van der Waals surface area contributed by atoms with Crippen LogP contribution in [0.1, 0.15) is 19.8 Å². The molecular weight excluding hydrogens is 152 g/mol. The normalized spacial score (nSPS) is 9.11. The fourth-order valence-electron chi connectivity index (χ4n) is 0.342. The molecule has 0 aliphatic carbocycles. The number of rotatable bonds is 3. The first kappa shape index (κ1) is 9.24. The zero-order valence-electron chi connectivity index (χ0n) is 5.55. The number of hydrogen-bond acceptors (Lipinski definition) is 3. The Hall–Kier alpha value is 0.240. The Balaban J connectivity index is 2.97. The topological polar surface area (TPSA) is 9.23 Å². The number of hydrogen-bond donors (Lipinski definition) is 0. The largest absolute Gasteiger partial charge is 0.479 e. The molecule has 0 aromatic rings. The first-order valence-corrected chi connectivity index (χ1v) is 4.29. The van der Waals surface area contributed by atoms with Gasteiger partial charge in [-0.3, -0.25) is 0 Å². The summed E-state index contributed by atoms with van der Waals surface area (Å²) in [7, 11) is 0. The predicted octanol–water partition coefficient (Wildman–Crippen LogP) is 2.61. The molecule has 3 heteroatoms. The van der Waals surface area contributed by atoms with Crippen LogP contribution in [0.3, 0.4) is 0 Å². The Morgan fingerprint density at radius 3 is 2.89 bits per heavy atom. The summed E-state index contributed by atoms with van der Waals surface area (Å²) in [4.78, 5) is 0. The van der Waals surface area contributed by atoms with Crippen LogP contribution < -0.4 is 0 Å². The SMILES string of the molecule is [CH2]SC(=S)OCCCC. The van der Waals surface area contributed by atoms with Crippen molar-refractivity contribution in [3.8, 4) is 0 Å². The molecule has 0 aliphatic rings. The lowest BCUT2D eigenvalue weighted by molar-refractivity contribution is 0.313. The predicted molar refractivity (Wildman–Crippen MR) is 46.4 cm³/mol.